The lowest BCUT2D eigenvalue weighted by atomic mass is 10.1. The molecule has 0 spiro atoms. The van der Waals surface area contributed by atoms with Crippen molar-refractivity contribution < 1.29 is 4.79 Å². The lowest BCUT2D eigenvalue weighted by Gasteiger charge is -2.16. The summed E-state index contributed by atoms with van der Waals surface area (Å²) in [6.45, 7) is 0.823. The van der Waals surface area contributed by atoms with Gasteiger partial charge in [0.25, 0.3) is 0 Å². The van der Waals surface area contributed by atoms with Crippen molar-refractivity contribution in [2.45, 2.75) is 44.6 Å². The van der Waals surface area contributed by atoms with Gasteiger partial charge in [0, 0.05) is 24.8 Å². The van der Waals surface area contributed by atoms with Crippen LogP contribution in [0.25, 0.3) is 0 Å². The van der Waals surface area contributed by atoms with E-state index >= 15 is 0 Å². The Bertz CT molecular complexity index is 488. The lowest BCUT2D eigenvalue weighted by Crippen LogP contribution is -2.31. The van der Waals surface area contributed by atoms with Crippen LogP contribution in [0.3, 0.4) is 0 Å². The van der Waals surface area contributed by atoms with E-state index in [1.807, 2.05) is 7.05 Å². The smallest absolute Gasteiger partial charge is 0.244 e. The monoisotopic (exact) mass is 260 g/mol. The highest BCUT2D eigenvalue weighted by Gasteiger charge is 2.30. The summed E-state index contributed by atoms with van der Waals surface area (Å²) in [5.74, 6) is 1.04. The number of aryl methyl sites for hydroxylation is 1. The molecule has 1 aromatic rings. The minimum absolute atomic E-state index is 0.118. The first-order valence-corrected chi connectivity index (χ1v) is 7.10. The summed E-state index contributed by atoms with van der Waals surface area (Å²) in [7, 11) is 1.85. The van der Waals surface area contributed by atoms with Gasteiger partial charge in [-0.25, -0.2) is 9.97 Å². The summed E-state index contributed by atoms with van der Waals surface area (Å²) in [6.07, 6.45) is 8.17. The average molecular weight is 260 g/mol. The molecule has 1 fully saturated rings. The first kappa shape index (κ1) is 12.4. The second-order valence-corrected chi connectivity index (χ2v) is 5.45. The van der Waals surface area contributed by atoms with E-state index in [0.717, 1.165) is 37.3 Å². The van der Waals surface area contributed by atoms with Crippen molar-refractivity contribution in [2.75, 3.05) is 18.9 Å². The molecular weight excluding hydrogens is 240 g/mol. The Morgan fingerprint density at radius 2 is 2.11 bits per heavy atom. The van der Waals surface area contributed by atoms with Gasteiger partial charge < -0.3 is 10.2 Å². The number of amides is 1. The quantitative estimate of drug-likeness (QED) is 0.816. The van der Waals surface area contributed by atoms with Crippen LogP contribution in [-0.4, -0.2) is 40.4 Å². The number of anilines is 1. The molecule has 1 unspecified atom stereocenters. The fraction of sp³-hybridized carbons (Fsp3) is 0.643. The molecule has 2 heterocycles. The number of hydrogen-bond donors (Lipinski definition) is 1. The number of hydrogen-bond acceptors (Lipinski definition) is 4. The first-order valence-electron chi connectivity index (χ1n) is 7.10. The van der Waals surface area contributed by atoms with Crippen molar-refractivity contribution in [1.29, 1.82) is 0 Å². The number of likely N-dealkylation sites (N-methyl/N-ethyl adjacent to an activating group) is 1. The number of carbonyl (C=O) groups is 1. The number of carbonyl (C=O) groups excluding carboxylic acids is 1. The maximum atomic E-state index is 12.0. The maximum absolute atomic E-state index is 12.0. The highest BCUT2D eigenvalue weighted by Crippen LogP contribution is 2.25. The van der Waals surface area contributed by atoms with E-state index in [0.29, 0.717) is 0 Å². The Labute approximate surface area is 113 Å². The van der Waals surface area contributed by atoms with Crippen LogP contribution in [0.2, 0.25) is 0 Å². The molecule has 102 valence electrons. The third-order valence-corrected chi connectivity index (χ3v) is 4.11. The Balaban J connectivity index is 1.83. The molecule has 2 aliphatic rings. The fourth-order valence-corrected chi connectivity index (χ4v) is 2.94. The van der Waals surface area contributed by atoms with E-state index in [9.17, 15) is 4.79 Å². The molecule has 1 aromatic heterocycles. The number of rotatable bonds is 2. The van der Waals surface area contributed by atoms with Crippen LogP contribution in [0.1, 0.15) is 36.9 Å². The fourth-order valence-electron chi connectivity index (χ4n) is 2.94. The van der Waals surface area contributed by atoms with Crippen molar-refractivity contribution in [3.63, 3.8) is 0 Å². The Morgan fingerprint density at radius 1 is 1.26 bits per heavy atom. The topological polar surface area (TPSA) is 58.1 Å². The highest BCUT2D eigenvalue weighted by atomic mass is 16.2. The number of aromatic nitrogens is 2. The molecule has 0 aromatic carbocycles. The normalized spacial score (nSPS) is 23.1. The predicted octanol–water partition coefficient (Wildman–Crippen LogP) is 1.39. The van der Waals surface area contributed by atoms with Crippen LogP contribution in [0.4, 0.5) is 5.82 Å². The van der Waals surface area contributed by atoms with Crippen molar-refractivity contribution >= 4 is 11.7 Å². The third kappa shape index (κ3) is 2.41. The Morgan fingerprint density at radius 3 is 2.89 bits per heavy atom. The van der Waals surface area contributed by atoms with Crippen molar-refractivity contribution in [2.24, 2.45) is 0 Å². The largest absolute Gasteiger partial charge is 0.358 e. The molecule has 0 radical (unpaired) electrons. The van der Waals surface area contributed by atoms with Gasteiger partial charge in [0.1, 0.15) is 18.2 Å². The van der Waals surface area contributed by atoms with Crippen LogP contribution < -0.4 is 5.32 Å². The van der Waals surface area contributed by atoms with Crippen LogP contribution in [0.5, 0.6) is 0 Å². The molecule has 1 N–H and O–H groups in total. The van der Waals surface area contributed by atoms with Gasteiger partial charge in [0.05, 0.1) is 0 Å². The predicted molar refractivity (Wildman–Crippen MR) is 73.0 cm³/mol. The number of nitrogens with zero attached hydrogens (tertiary/aromatic N) is 3. The zero-order chi connectivity index (χ0) is 13.2. The molecule has 1 aliphatic heterocycles. The minimum Gasteiger partial charge on any atom is -0.358 e. The van der Waals surface area contributed by atoms with Crippen molar-refractivity contribution in [1.82, 2.24) is 14.9 Å². The summed E-state index contributed by atoms with van der Waals surface area (Å²) in [6, 6.07) is -0.118. The number of likely N-dealkylation sites (tertiary alicyclic amines) is 1. The van der Waals surface area contributed by atoms with E-state index in [-0.39, 0.29) is 11.9 Å². The second-order valence-electron chi connectivity index (χ2n) is 5.45. The molecule has 19 heavy (non-hydrogen) atoms. The van der Waals surface area contributed by atoms with Gasteiger partial charge >= 0.3 is 0 Å². The zero-order valence-corrected chi connectivity index (χ0v) is 11.4. The van der Waals surface area contributed by atoms with Gasteiger partial charge in [0.15, 0.2) is 0 Å². The van der Waals surface area contributed by atoms with Crippen LogP contribution in [0.15, 0.2) is 6.33 Å². The van der Waals surface area contributed by atoms with Gasteiger partial charge in [-0.2, -0.15) is 0 Å². The number of fused-ring (bicyclic) bond motifs is 1. The first-order chi connectivity index (χ1) is 9.25. The molecule has 1 amide bonds. The zero-order valence-electron chi connectivity index (χ0n) is 11.4. The summed E-state index contributed by atoms with van der Waals surface area (Å²) < 4.78 is 0. The maximum Gasteiger partial charge on any atom is 0.244 e. The van der Waals surface area contributed by atoms with Gasteiger partial charge in [-0.05, 0) is 32.1 Å². The molecule has 1 saturated heterocycles. The van der Waals surface area contributed by atoms with E-state index in [4.69, 9.17) is 0 Å². The SMILES string of the molecule is CN1CCC(Nc2ncnc3c2CCCCC3)C1=O. The van der Waals surface area contributed by atoms with Gasteiger partial charge in [-0.1, -0.05) is 6.42 Å². The Hall–Kier alpha value is -1.65. The van der Waals surface area contributed by atoms with Crippen molar-refractivity contribution in [3.05, 3.63) is 17.6 Å². The molecular formula is C14H20N4O. The summed E-state index contributed by atoms with van der Waals surface area (Å²) >= 11 is 0. The van der Waals surface area contributed by atoms with Crippen LogP contribution in [-0.2, 0) is 17.6 Å². The average Bonchev–Trinajstić information content (AvgIpc) is 2.65. The number of nitrogens with one attached hydrogen (secondary N) is 1. The van der Waals surface area contributed by atoms with Gasteiger partial charge in [-0.15, -0.1) is 0 Å². The second kappa shape index (κ2) is 5.15. The molecule has 3 rings (SSSR count). The van der Waals surface area contributed by atoms with E-state index in [1.165, 1.54) is 24.8 Å². The van der Waals surface area contributed by atoms with Gasteiger partial charge in [-0.3, -0.25) is 4.79 Å². The van der Waals surface area contributed by atoms with E-state index < -0.39 is 0 Å². The molecule has 5 nitrogen and oxygen atoms in total. The van der Waals surface area contributed by atoms with E-state index in [2.05, 4.69) is 15.3 Å². The lowest BCUT2D eigenvalue weighted by molar-refractivity contribution is -0.127. The third-order valence-electron chi connectivity index (χ3n) is 4.11. The molecule has 5 heteroatoms. The highest BCUT2D eigenvalue weighted by molar-refractivity contribution is 5.86. The molecule has 1 aliphatic carbocycles. The molecule has 0 saturated carbocycles. The summed E-state index contributed by atoms with van der Waals surface area (Å²) in [5.41, 5.74) is 2.39. The Kier molecular flexibility index (Phi) is 3.36. The van der Waals surface area contributed by atoms with Crippen LogP contribution in [0, 0.1) is 0 Å². The van der Waals surface area contributed by atoms with E-state index in [1.54, 1.807) is 11.2 Å². The minimum atomic E-state index is -0.118. The standard InChI is InChI=1S/C14H20N4O/c1-18-8-7-12(14(18)19)17-13-10-5-3-2-4-6-11(10)15-9-16-13/h9,12H,2-8H2,1H3,(H,15,16,17). The summed E-state index contributed by atoms with van der Waals surface area (Å²) in [5, 5.41) is 3.33. The van der Waals surface area contributed by atoms with Gasteiger partial charge in [0.2, 0.25) is 5.91 Å². The molecule has 1 atom stereocenters. The summed E-state index contributed by atoms with van der Waals surface area (Å²) in [4.78, 5) is 22.5. The molecule has 0 bridgehead atoms. The van der Waals surface area contributed by atoms with Crippen LogP contribution >= 0.6 is 0 Å². The van der Waals surface area contributed by atoms with Crippen molar-refractivity contribution in [3.8, 4) is 0 Å².